The van der Waals surface area contributed by atoms with E-state index in [9.17, 15) is 4.79 Å². The molecule has 0 saturated heterocycles. The van der Waals surface area contributed by atoms with E-state index >= 15 is 0 Å². The lowest BCUT2D eigenvalue weighted by atomic mass is 10.2. The highest BCUT2D eigenvalue weighted by molar-refractivity contribution is 6.18. The number of hydrogen-bond donors (Lipinski definition) is 1. The molecule has 0 unspecified atom stereocenters. The molecule has 0 aliphatic carbocycles. The average molecular weight is 178 g/mol. The first-order valence-corrected chi connectivity index (χ1v) is 4.63. The van der Waals surface area contributed by atoms with E-state index in [1.165, 1.54) is 0 Å². The Morgan fingerprint density at radius 2 is 2.00 bits per heavy atom. The first kappa shape index (κ1) is 10.8. The SMILES string of the molecule is CCC(CC)NC(=O)CCCl. The molecule has 2 nitrogen and oxygen atoms in total. The molecule has 0 saturated carbocycles. The molecule has 0 aromatic heterocycles. The van der Waals surface area contributed by atoms with Crippen LogP contribution in [0.3, 0.4) is 0 Å². The van der Waals surface area contributed by atoms with Crippen molar-refractivity contribution in [2.75, 3.05) is 5.88 Å². The van der Waals surface area contributed by atoms with Crippen LogP contribution in [-0.2, 0) is 4.79 Å². The third kappa shape index (κ3) is 5.08. The van der Waals surface area contributed by atoms with E-state index in [0.29, 0.717) is 18.3 Å². The molecule has 11 heavy (non-hydrogen) atoms. The van der Waals surface area contributed by atoms with Gasteiger partial charge in [-0.05, 0) is 12.8 Å². The van der Waals surface area contributed by atoms with Crippen LogP contribution in [-0.4, -0.2) is 17.8 Å². The van der Waals surface area contributed by atoms with Gasteiger partial charge in [-0.1, -0.05) is 13.8 Å². The zero-order valence-corrected chi connectivity index (χ0v) is 7.95. The van der Waals surface area contributed by atoms with Crippen molar-refractivity contribution in [3.05, 3.63) is 0 Å². The number of carbonyl (C=O) groups is 1. The van der Waals surface area contributed by atoms with Crippen LogP contribution in [0.1, 0.15) is 33.1 Å². The Morgan fingerprint density at radius 3 is 2.36 bits per heavy atom. The van der Waals surface area contributed by atoms with Gasteiger partial charge >= 0.3 is 0 Å². The van der Waals surface area contributed by atoms with Gasteiger partial charge in [0.1, 0.15) is 0 Å². The lowest BCUT2D eigenvalue weighted by Gasteiger charge is -2.13. The third-order valence-corrected chi connectivity index (χ3v) is 1.86. The van der Waals surface area contributed by atoms with Gasteiger partial charge in [-0.3, -0.25) is 4.79 Å². The fraction of sp³-hybridized carbons (Fsp3) is 0.875. The Morgan fingerprint density at radius 1 is 1.45 bits per heavy atom. The molecule has 66 valence electrons. The second kappa shape index (κ2) is 6.47. The number of amides is 1. The van der Waals surface area contributed by atoms with Crippen LogP contribution >= 0.6 is 11.6 Å². The van der Waals surface area contributed by atoms with Gasteiger partial charge < -0.3 is 5.32 Å². The molecule has 1 N–H and O–H groups in total. The molecule has 0 spiro atoms. The summed E-state index contributed by atoms with van der Waals surface area (Å²) in [4.78, 5) is 11.0. The van der Waals surface area contributed by atoms with E-state index in [2.05, 4.69) is 19.2 Å². The van der Waals surface area contributed by atoms with E-state index in [0.717, 1.165) is 12.8 Å². The maximum absolute atomic E-state index is 11.0. The van der Waals surface area contributed by atoms with Crippen LogP contribution in [0.4, 0.5) is 0 Å². The summed E-state index contributed by atoms with van der Waals surface area (Å²) in [6, 6.07) is 0.325. The quantitative estimate of drug-likeness (QED) is 0.639. The monoisotopic (exact) mass is 177 g/mol. The Labute approximate surface area is 73.3 Å². The van der Waals surface area contributed by atoms with Crippen LogP contribution in [0.15, 0.2) is 0 Å². The average Bonchev–Trinajstić information content (AvgIpc) is 2.01. The second-order valence-corrected chi connectivity index (χ2v) is 2.90. The molecular formula is C8H16ClNO. The lowest BCUT2D eigenvalue weighted by molar-refractivity contribution is -0.121. The Hall–Kier alpha value is -0.240. The van der Waals surface area contributed by atoms with Crippen LogP contribution in [0.2, 0.25) is 0 Å². The molecule has 0 aromatic carbocycles. The highest BCUT2D eigenvalue weighted by atomic mass is 35.5. The summed E-state index contributed by atoms with van der Waals surface area (Å²) in [5.41, 5.74) is 0. The molecule has 1 amide bonds. The van der Waals surface area contributed by atoms with Crippen LogP contribution < -0.4 is 5.32 Å². The molecule has 0 aliphatic rings. The van der Waals surface area contributed by atoms with Crippen molar-refractivity contribution < 1.29 is 4.79 Å². The summed E-state index contributed by atoms with van der Waals surface area (Å²) in [6.07, 6.45) is 2.41. The van der Waals surface area contributed by atoms with Gasteiger partial charge in [-0.25, -0.2) is 0 Å². The predicted molar refractivity (Wildman–Crippen MR) is 47.8 cm³/mol. The van der Waals surface area contributed by atoms with E-state index in [4.69, 9.17) is 11.6 Å². The number of nitrogens with one attached hydrogen (secondary N) is 1. The van der Waals surface area contributed by atoms with Crippen molar-refractivity contribution in [1.29, 1.82) is 0 Å². The summed E-state index contributed by atoms with van der Waals surface area (Å²) in [5, 5.41) is 2.89. The van der Waals surface area contributed by atoms with Crippen molar-refractivity contribution in [3.8, 4) is 0 Å². The summed E-state index contributed by atoms with van der Waals surface area (Å²) < 4.78 is 0. The maximum atomic E-state index is 11.0. The largest absolute Gasteiger partial charge is 0.353 e. The van der Waals surface area contributed by atoms with Crippen molar-refractivity contribution in [1.82, 2.24) is 5.32 Å². The summed E-state index contributed by atoms with van der Waals surface area (Å²) in [5.74, 6) is 0.472. The van der Waals surface area contributed by atoms with Crippen molar-refractivity contribution in [2.24, 2.45) is 0 Å². The Bertz CT molecular complexity index is 113. The first-order chi connectivity index (χ1) is 5.24. The second-order valence-electron chi connectivity index (χ2n) is 2.52. The zero-order valence-electron chi connectivity index (χ0n) is 7.19. The maximum Gasteiger partial charge on any atom is 0.221 e. The Balaban J connectivity index is 3.54. The highest BCUT2D eigenvalue weighted by Gasteiger charge is 2.06. The fourth-order valence-electron chi connectivity index (χ4n) is 0.878. The lowest BCUT2D eigenvalue weighted by Crippen LogP contribution is -2.33. The van der Waals surface area contributed by atoms with Crippen molar-refractivity contribution >= 4 is 17.5 Å². The zero-order chi connectivity index (χ0) is 8.69. The summed E-state index contributed by atoms with van der Waals surface area (Å²) in [6.45, 7) is 4.13. The molecule has 0 bridgehead atoms. The number of alkyl halides is 1. The van der Waals surface area contributed by atoms with Gasteiger partial charge in [0, 0.05) is 18.3 Å². The van der Waals surface area contributed by atoms with Gasteiger partial charge in [-0.2, -0.15) is 0 Å². The third-order valence-electron chi connectivity index (χ3n) is 1.67. The topological polar surface area (TPSA) is 29.1 Å². The molecular weight excluding hydrogens is 162 g/mol. The number of hydrogen-bond acceptors (Lipinski definition) is 1. The summed E-state index contributed by atoms with van der Waals surface area (Å²) >= 11 is 5.41. The minimum absolute atomic E-state index is 0.0636. The van der Waals surface area contributed by atoms with Gasteiger partial charge in [0.25, 0.3) is 0 Å². The highest BCUT2D eigenvalue weighted by Crippen LogP contribution is 1.96. The molecule has 3 heteroatoms. The van der Waals surface area contributed by atoms with Crippen molar-refractivity contribution in [3.63, 3.8) is 0 Å². The molecule has 0 fully saturated rings. The summed E-state index contributed by atoms with van der Waals surface area (Å²) in [7, 11) is 0. The van der Waals surface area contributed by atoms with Crippen molar-refractivity contribution in [2.45, 2.75) is 39.2 Å². The fourth-order valence-corrected chi connectivity index (χ4v) is 1.05. The number of halogens is 1. The standard InChI is InChI=1S/C8H16ClNO/c1-3-7(4-2)10-8(11)5-6-9/h7H,3-6H2,1-2H3,(H,10,11). The van der Waals surface area contributed by atoms with E-state index in [-0.39, 0.29) is 5.91 Å². The minimum Gasteiger partial charge on any atom is -0.353 e. The van der Waals surface area contributed by atoms with E-state index in [1.54, 1.807) is 0 Å². The molecule has 0 rings (SSSR count). The minimum atomic E-state index is 0.0636. The van der Waals surface area contributed by atoms with Gasteiger partial charge in [-0.15, -0.1) is 11.6 Å². The van der Waals surface area contributed by atoms with Gasteiger partial charge in [0.2, 0.25) is 5.91 Å². The predicted octanol–water partition coefficient (Wildman–Crippen LogP) is 1.92. The van der Waals surface area contributed by atoms with Crippen LogP contribution in [0, 0.1) is 0 Å². The molecule has 0 aromatic rings. The normalized spacial score (nSPS) is 10.2. The smallest absolute Gasteiger partial charge is 0.221 e. The number of rotatable bonds is 5. The van der Waals surface area contributed by atoms with Gasteiger partial charge in [0.05, 0.1) is 0 Å². The first-order valence-electron chi connectivity index (χ1n) is 4.09. The molecule has 0 atom stereocenters. The molecule has 0 radical (unpaired) electrons. The Kier molecular flexibility index (Phi) is 6.33. The van der Waals surface area contributed by atoms with Gasteiger partial charge in [0.15, 0.2) is 0 Å². The van der Waals surface area contributed by atoms with Crippen LogP contribution in [0.25, 0.3) is 0 Å². The van der Waals surface area contributed by atoms with Crippen LogP contribution in [0.5, 0.6) is 0 Å². The van der Waals surface area contributed by atoms with E-state index in [1.807, 2.05) is 0 Å². The molecule has 0 heterocycles. The molecule has 0 aliphatic heterocycles. The number of carbonyl (C=O) groups excluding carboxylic acids is 1. The van der Waals surface area contributed by atoms with E-state index < -0.39 is 0 Å².